The topological polar surface area (TPSA) is 72.5 Å². The van der Waals surface area contributed by atoms with E-state index in [0.29, 0.717) is 5.56 Å². The molecule has 1 N–H and O–H groups in total. The molecule has 1 aromatic rings. The van der Waals surface area contributed by atoms with E-state index in [-0.39, 0.29) is 24.5 Å². The highest BCUT2D eigenvalue weighted by atomic mass is 19.1. The van der Waals surface area contributed by atoms with Crippen LogP contribution in [0.25, 0.3) is 0 Å². The van der Waals surface area contributed by atoms with E-state index >= 15 is 0 Å². The number of halogens is 1. The van der Waals surface area contributed by atoms with Crippen molar-refractivity contribution in [2.75, 3.05) is 7.11 Å². The van der Waals surface area contributed by atoms with Crippen LogP contribution in [0.2, 0.25) is 0 Å². The minimum atomic E-state index is -0.738. The molecule has 120 valence electrons. The second kappa shape index (κ2) is 8.26. The molecule has 0 bridgehead atoms. The lowest BCUT2D eigenvalue weighted by Crippen LogP contribution is -2.45. The minimum Gasteiger partial charge on any atom is -0.467 e. The summed E-state index contributed by atoms with van der Waals surface area (Å²) in [6.07, 6.45) is -0.0557. The summed E-state index contributed by atoms with van der Waals surface area (Å²) in [4.78, 5) is 35.3. The van der Waals surface area contributed by atoms with E-state index < -0.39 is 23.7 Å². The van der Waals surface area contributed by atoms with E-state index in [1.165, 1.54) is 31.4 Å². The Morgan fingerprint density at radius 3 is 2.23 bits per heavy atom. The summed E-state index contributed by atoms with van der Waals surface area (Å²) >= 11 is 0. The number of carbonyl (C=O) groups is 3. The molecule has 0 heterocycles. The Hall–Kier alpha value is -2.24. The molecule has 0 aliphatic rings. The molecule has 0 spiro atoms. The van der Waals surface area contributed by atoms with Crippen LogP contribution >= 0.6 is 0 Å². The SMILES string of the molecule is COC(=O)C(NC(=O)CCC(=O)c1ccc(F)cc1)C(C)C. The number of ketones is 1. The maximum absolute atomic E-state index is 12.8. The van der Waals surface area contributed by atoms with Crippen LogP contribution in [0.4, 0.5) is 4.39 Å². The van der Waals surface area contributed by atoms with Gasteiger partial charge >= 0.3 is 5.97 Å². The molecule has 1 aromatic carbocycles. The van der Waals surface area contributed by atoms with Crippen molar-refractivity contribution in [1.29, 1.82) is 0 Å². The third-order valence-corrected chi connectivity index (χ3v) is 3.18. The summed E-state index contributed by atoms with van der Waals surface area (Å²) in [5.41, 5.74) is 0.350. The molecule has 1 unspecified atom stereocenters. The van der Waals surface area contributed by atoms with Gasteiger partial charge in [-0.25, -0.2) is 9.18 Å². The first kappa shape index (κ1) is 17.8. The maximum atomic E-state index is 12.8. The van der Waals surface area contributed by atoms with Gasteiger partial charge in [-0.2, -0.15) is 0 Å². The fraction of sp³-hybridized carbons (Fsp3) is 0.438. The summed E-state index contributed by atoms with van der Waals surface area (Å²) in [6, 6.07) is 4.40. The number of esters is 1. The molecular formula is C16H20FNO4. The first-order chi connectivity index (χ1) is 10.3. The number of Topliss-reactive ketones (excluding diaryl/α,β-unsaturated/α-hetero) is 1. The predicted octanol–water partition coefficient (Wildman–Crippen LogP) is 2.10. The van der Waals surface area contributed by atoms with Crippen LogP contribution in [0.3, 0.4) is 0 Å². The summed E-state index contributed by atoms with van der Waals surface area (Å²) in [7, 11) is 1.25. The third kappa shape index (κ3) is 5.27. The largest absolute Gasteiger partial charge is 0.467 e. The normalized spacial score (nSPS) is 11.9. The minimum absolute atomic E-state index is 0.0105. The number of hydrogen-bond acceptors (Lipinski definition) is 4. The van der Waals surface area contributed by atoms with Gasteiger partial charge in [-0.1, -0.05) is 13.8 Å². The van der Waals surface area contributed by atoms with E-state index in [0.717, 1.165) is 0 Å². The zero-order chi connectivity index (χ0) is 16.7. The van der Waals surface area contributed by atoms with Crippen molar-refractivity contribution in [2.45, 2.75) is 32.7 Å². The highest BCUT2D eigenvalue weighted by Crippen LogP contribution is 2.08. The highest BCUT2D eigenvalue weighted by molar-refractivity contribution is 5.98. The van der Waals surface area contributed by atoms with Crippen LogP contribution in [-0.2, 0) is 14.3 Å². The van der Waals surface area contributed by atoms with Crippen LogP contribution in [0.15, 0.2) is 24.3 Å². The summed E-state index contributed by atoms with van der Waals surface area (Å²) < 4.78 is 17.4. The van der Waals surface area contributed by atoms with Crippen molar-refractivity contribution in [1.82, 2.24) is 5.32 Å². The molecule has 5 nitrogen and oxygen atoms in total. The molecule has 0 aliphatic heterocycles. The van der Waals surface area contributed by atoms with Gasteiger partial charge in [0.05, 0.1) is 7.11 Å². The van der Waals surface area contributed by atoms with Gasteiger partial charge in [-0.05, 0) is 30.2 Å². The molecule has 6 heteroatoms. The number of nitrogens with one attached hydrogen (secondary N) is 1. The van der Waals surface area contributed by atoms with Crippen LogP contribution in [0, 0.1) is 11.7 Å². The van der Waals surface area contributed by atoms with E-state index in [9.17, 15) is 18.8 Å². The van der Waals surface area contributed by atoms with Gasteiger partial charge in [0.1, 0.15) is 11.9 Å². The lowest BCUT2D eigenvalue weighted by atomic mass is 10.0. The fourth-order valence-corrected chi connectivity index (χ4v) is 1.88. The molecule has 0 fully saturated rings. The van der Waals surface area contributed by atoms with Gasteiger partial charge in [-0.3, -0.25) is 9.59 Å². The van der Waals surface area contributed by atoms with Crippen molar-refractivity contribution in [2.24, 2.45) is 5.92 Å². The molecule has 0 radical (unpaired) electrons. The molecule has 0 saturated carbocycles. The average molecular weight is 309 g/mol. The highest BCUT2D eigenvalue weighted by Gasteiger charge is 2.24. The van der Waals surface area contributed by atoms with Crippen molar-refractivity contribution >= 4 is 17.7 Å². The van der Waals surface area contributed by atoms with Crippen molar-refractivity contribution < 1.29 is 23.5 Å². The lowest BCUT2D eigenvalue weighted by Gasteiger charge is -2.19. The van der Waals surface area contributed by atoms with E-state index in [1.807, 2.05) is 0 Å². The van der Waals surface area contributed by atoms with Gasteiger partial charge in [0.2, 0.25) is 5.91 Å². The van der Waals surface area contributed by atoms with Gasteiger partial charge in [-0.15, -0.1) is 0 Å². The number of benzene rings is 1. The van der Waals surface area contributed by atoms with Crippen LogP contribution in [0.1, 0.15) is 37.0 Å². The van der Waals surface area contributed by atoms with Crippen LogP contribution < -0.4 is 5.32 Å². The molecule has 1 amide bonds. The van der Waals surface area contributed by atoms with Gasteiger partial charge < -0.3 is 10.1 Å². The lowest BCUT2D eigenvalue weighted by molar-refractivity contribution is -0.146. The van der Waals surface area contributed by atoms with E-state index in [2.05, 4.69) is 10.1 Å². The first-order valence-electron chi connectivity index (χ1n) is 7.01. The zero-order valence-corrected chi connectivity index (χ0v) is 12.9. The van der Waals surface area contributed by atoms with E-state index in [4.69, 9.17) is 0 Å². The van der Waals surface area contributed by atoms with Crippen LogP contribution in [-0.4, -0.2) is 30.8 Å². The zero-order valence-electron chi connectivity index (χ0n) is 12.9. The quantitative estimate of drug-likeness (QED) is 0.618. The Labute approximate surface area is 128 Å². The van der Waals surface area contributed by atoms with Gasteiger partial charge in [0, 0.05) is 18.4 Å². The molecular weight excluding hydrogens is 289 g/mol. The molecule has 0 aromatic heterocycles. The van der Waals surface area contributed by atoms with Crippen LogP contribution in [0.5, 0.6) is 0 Å². The molecule has 0 aliphatic carbocycles. The third-order valence-electron chi connectivity index (χ3n) is 3.18. The number of ether oxygens (including phenoxy) is 1. The monoisotopic (exact) mass is 309 g/mol. The maximum Gasteiger partial charge on any atom is 0.328 e. The second-order valence-corrected chi connectivity index (χ2v) is 5.24. The number of carbonyl (C=O) groups excluding carboxylic acids is 3. The molecule has 1 atom stereocenters. The number of amides is 1. The Balaban J connectivity index is 2.53. The summed E-state index contributed by atoms with van der Waals surface area (Å²) in [6.45, 7) is 3.57. The van der Waals surface area contributed by atoms with Crippen molar-refractivity contribution in [3.05, 3.63) is 35.6 Å². The Bertz CT molecular complexity index is 540. The number of methoxy groups -OCH3 is 1. The molecule has 1 rings (SSSR count). The van der Waals surface area contributed by atoms with Gasteiger partial charge in [0.25, 0.3) is 0 Å². The average Bonchev–Trinajstić information content (AvgIpc) is 2.49. The van der Waals surface area contributed by atoms with Crippen molar-refractivity contribution in [3.8, 4) is 0 Å². The first-order valence-corrected chi connectivity index (χ1v) is 7.01. The smallest absolute Gasteiger partial charge is 0.328 e. The summed E-state index contributed by atoms with van der Waals surface area (Å²) in [5, 5.41) is 2.56. The van der Waals surface area contributed by atoms with Crippen molar-refractivity contribution in [3.63, 3.8) is 0 Å². The number of rotatable bonds is 7. The predicted molar refractivity (Wildman–Crippen MR) is 78.7 cm³/mol. The Morgan fingerprint density at radius 2 is 1.73 bits per heavy atom. The number of hydrogen-bond donors (Lipinski definition) is 1. The fourth-order valence-electron chi connectivity index (χ4n) is 1.88. The Kier molecular flexibility index (Phi) is 6.69. The molecule has 22 heavy (non-hydrogen) atoms. The standard InChI is InChI=1S/C16H20FNO4/c1-10(2)15(16(21)22-3)18-14(20)9-8-13(19)11-4-6-12(17)7-5-11/h4-7,10,15H,8-9H2,1-3H3,(H,18,20). The second-order valence-electron chi connectivity index (χ2n) is 5.24. The Morgan fingerprint density at radius 1 is 1.14 bits per heavy atom. The van der Waals surface area contributed by atoms with Gasteiger partial charge in [0.15, 0.2) is 5.78 Å². The van der Waals surface area contributed by atoms with E-state index in [1.54, 1.807) is 13.8 Å². The summed E-state index contributed by atoms with van der Waals surface area (Å²) in [5.74, 6) is -1.72. The molecule has 0 saturated heterocycles.